The number of nitrogens with zero attached hydrogens (tertiary/aromatic N) is 3. The van der Waals surface area contributed by atoms with Crippen LogP contribution in [0.3, 0.4) is 0 Å². The number of aliphatic hydroxyl groups is 1. The molecule has 1 fully saturated rings. The van der Waals surface area contributed by atoms with Crippen molar-refractivity contribution in [2.45, 2.75) is 44.2 Å². The van der Waals surface area contributed by atoms with E-state index in [9.17, 15) is 5.11 Å². The fourth-order valence-corrected chi connectivity index (χ4v) is 3.20. The second-order valence-electron chi connectivity index (χ2n) is 5.98. The van der Waals surface area contributed by atoms with Crippen molar-refractivity contribution in [1.82, 2.24) is 4.98 Å². The summed E-state index contributed by atoms with van der Waals surface area (Å²) in [5, 5.41) is 19.3. The van der Waals surface area contributed by atoms with Gasteiger partial charge in [0.25, 0.3) is 0 Å². The maximum Gasteiger partial charge on any atom is 0.132 e. The molecule has 1 saturated heterocycles. The van der Waals surface area contributed by atoms with Crippen LogP contribution in [0, 0.1) is 11.3 Å². The van der Waals surface area contributed by atoms with Crippen molar-refractivity contribution in [2.24, 2.45) is 0 Å². The molecule has 5 nitrogen and oxygen atoms in total. The molecule has 1 aliphatic heterocycles. The summed E-state index contributed by atoms with van der Waals surface area (Å²) in [7, 11) is 0. The van der Waals surface area contributed by atoms with Crippen molar-refractivity contribution in [1.29, 1.82) is 5.26 Å². The van der Waals surface area contributed by atoms with Crippen molar-refractivity contribution in [3.8, 4) is 6.07 Å². The summed E-state index contributed by atoms with van der Waals surface area (Å²) in [5.74, 6) is 1.49. The van der Waals surface area contributed by atoms with Crippen LogP contribution in [0.4, 0.5) is 5.82 Å². The number of rotatable bonds is 4. The molecule has 2 aromatic rings. The molecule has 0 aromatic carbocycles. The summed E-state index contributed by atoms with van der Waals surface area (Å²) in [4.78, 5) is 6.70. The van der Waals surface area contributed by atoms with Gasteiger partial charge in [0.1, 0.15) is 23.8 Å². The zero-order valence-electron chi connectivity index (χ0n) is 13.1. The molecular weight excluding hydrogens is 290 g/mol. The number of nitriles is 1. The lowest BCUT2D eigenvalue weighted by atomic mass is 10.0. The number of furan rings is 1. The van der Waals surface area contributed by atoms with E-state index < -0.39 is 6.10 Å². The van der Waals surface area contributed by atoms with Gasteiger partial charge in [0.05, 0.1) is 11.8 Å². The standard InChI is InChI=1S/C18H21N3O2/c19-12-14-7-8-18(20-13-14)21-9-3-1-2-5-15(21)11-16(22)17-6-4-10-23-17/h4,6-8,10,13,15-16,22H,1-3,5,9,11H2/t15-,16-/m0/s1. The van der Waals surface area contributed by atoms with E-state index in [2.05, 4.69) is 16.0 Å². The third-order valence-corrected chi connectivity index (χ3v) is 4.42. The molecular formula is C18H21N3O2. The maximum absolute atomic E-state index is 10.4. The van der Waals surface area contributed by atoms with Crippen molar-refractivity contribution in [3.05, 3.63) is 48.0 Å². The predicted octanol–water partition coefficient (Wildman–Crippen LogP) is 3.42. The Hall–Kier alpha value is -2.32. The first-order valence-corrected chi connectivity index (χ1v) is 8.12. The summed E-state index contributed by atoms with van der Waals surface area (Å²) in [5.41, 5.74) is 0.566. The average molecular weight is 311 g/mol. The van der Waals surface area contributed by atoms with Gasteiger partial charge in [-0.05, 0) is 37.1 Å². The number of pyridine rings is 1. The third-order valence-electron chi connectivity index (χ3n) is 4.42. The topological polar surface area (TPSA) is 73.3 Å². The SMILES string of the molecule is N#Cc1ccc(N2CCCCC[C@H]2C[C@H](O)c2ccco2)nc1. The molecule has 120 valence electrons. The van der Waals surface area contributed by atoms with Crippen LogP contribution in [0.5, 0.6) is 0 Å². The average Bonchev–Trinajstić information content (AvgIpc) is 3.03. The molecule has 3 heterocycles. The van der Waals surface area contributed by atoms with Crippen LogP contribution >= 0.6 is 0 Å². The van der Waals surface area contributed by atoms with Crippen LogP contribution in [0.1, 0.15) is 49.5 Å². The molecule has 0 amide bonds. The summed E-state index contributed by atoms with van der Waals surface area (Å²) in [6.07, 6.45) is 7.71. The van der Waals surface area contributed by atoms with Crippen LogP contribution in [0.2, 0.25) is 0 Å². The molecule has 23 heavy (non-hydrogen) atoms. The first-order valence-electron chi connectivity index (χ1n) is 8.12. The number of aliphatic hydroxyl groups excluding tert-OH is 1. The van der Waals surface area contributed by atoms with Gasteiger partial charge in [-0.3, -0.25) is 0 Å². The second-order valence-corrected chi connectivity index (χ2v) is 5.98. The Kier molecular flexibility index (Phi) is 4.94. The Morgan fingerprint density at radius 1 is 1.35 bits per heavy atom. The maximum atomic E-state index is 10.4. The fraction of sp³-hybridized carbons (Fsp3) is 0.444. The highest BCUT2D eigenvalue weighted by molar-refractivity contribution is 5.43. The van der Waals surface area contributed by atoms with Crippen molar-refractivity contribution < 1.29 is 9.52 Å². The molecule has 1 N–H and O–H groups in total. The van der Waals surface area contributed by atoms with E-state index in [1.807, 2.05) is 12.1 Å². The molecule has 0 bridgehead atoms. The van der Waals surface area contributed by atoms with Crippen molar-refractivity contribution in [2.75, 3.05) is 11.4 Å². The first-order chi connectivity index (χ1) is 11.3. The summed E-state index contributed by atoms with van der Waals surface area (Å²) >= 11 is 0. The predicted molar refractivity (Wildman–Crippen MR) is 86.8 cm³/mol. The Morgan fingerprint density at radius 2 is 2.26 bits per heavy atom. The molecule has 0 aliphatic carbocycles. The van der Waals surface area contributed by atoms with E-state index in [-0.39, 0.29) is 6.04 Å². The molecule has 2 atom stereocenters. The monoisotopic (exact) mass is 311 g/mol. The van der Waals surface area contributed by atoms with Gasteiger partial charge in [0.15, 0.2) is 0 Å². The van der Waals surface area contributed by atoms with Crippen molar-refractivity contribution >= 4 is 5.82 Å². The van der Waals surface area contributed by atoms with Crippen LogP contribution in [-0.4, -0.2) is 22.7 Å². The summed E-state index contributed by atoms with van der Waals surface area (Å²) in [6, 6.07) is 9.62. The van der Waals surface area contributed by atoms with Crippen LogP contribution in [-0.2, 0) is 0 Å². The van der Waals surface area contributed by atoms with E-state index in [1.165, 1.54) is 6.42 Å². The molecule has 2 aromatic heterocycles. The van der Waals surface area contributed by atoms with Gasteiger partial charge in [-0.2, -0.15) is 5.26 Å². The van der Waals surface area contributed by atoms with E-state index in [0.29, 0.717) is 17.7 Å². The molecule has 0 saturated carbocycles. The highest BCUT2D eigenvalue weighted by Gasteiger charge is 2.26. The van der Waals surface area contributed by atoms with Gasteiger partial charge >= 0.3 is 0 Å². The summed E-state index contributed by atoms with van der Waals surface area (Å²) in [6.45, 7) is 0.925. The Bertz CT molecular complexity index is 646. The minimum atomic E-state index is -0.603. The first kappa shape index (κ1) is 15.6. The van der Waals surface area contributed by atoms with Gasteiger partial charge in [-0.15, -0.1) is 0 Å². The highest BCUT2D eigenvalue weighted by Crippen LogP contribution is 2.29. The second kappa shape index (κ2) is 7.30. The molecule has 0 spiro atoms. The minimum Gasteiger partial charge on any atom is -0.467 e. The van der Waals surface area contributed by atoms with Gasteiger partial charge in [0, 0.05) is 25.2 Å². The smallest absolute Gasteiger partial charge is 0.132 e. The van der Waals surface area contributed by atoms with Gasteiger partial charge in [0.2, 0.25) is 0 Å². The van der Waals surface area contributed by atoms with E-state index >= 15 is 0 Å². The normalized spacial score (nSPS) is 19.8. The molecule has 1 aliphatic rings. The molecule has 5 heteroatoms. The molecule has 0 radical (unpaired) electrons. The molecule has 3 rings (SSSR count). The zero-order valence-corrected chi connectivity index (χ0v) is 13.1. The number of hydrogen-bond donors (Lipinski definition) is 1. The van der Waals surface area contributed by atoms with E-state index in [0.717, 1.165) is 31.6 Å². The van der Waals surface area contributed by atoms with Gasteiger partial charge in [-0.25, -0.2) is 4.98 Å². The number of aromatic nitrogens is 1. The van der Waals surface area contributed by atoms with Crippen LogP contribution in [0.25, 0.3) is 0 Å². The Balaban J connectivity index is 1.78. The van der Waals surface area contributed by atoms with Crippen LogP contribution in [0.15, 0.2) is 41.1 Å². The summed E-state index contributed by atoms with van der Waals surface area (Å²) < 4.78 is 5.32. The third kappa shape index (κ3) is 3.72. The lowest BCUT2D eigenvalue weighted by Crippen LogP contribution is -2.36. The van der Waals surface area contributed by atoms with Crippen LogP contribution < -0.4 is 4.90 Å². The Labute approximate surface area is 136 Å². The minimum absolute atomic E-state index is 0.220. The Morgan fingerprint density at radius 3 is 2.96 bits per heavy atom. The number of hydrogen-bond acceptors (Lipinski definition) is 5. The van der Waals surface area contributed by atoms with Crippen molar-refractivity contribution in [3.63, 3.8) is 0 Å². The highest BCUT2D eigenvalue weighted by atomic mass is 16.4. The van der Waals surface area contributed by atoms with E-state index in [4.69, 9.17) is 9.68 Å². The largest absolute Gasteiger partial charge is 0.467 e. The van der Waals surface area contributed by atoms with Gasteiger partial charge < -0.3 is 14.4 Å². The lowest BCUT2D eigenvalue weighted by Gasteiger charge is -2.32. The van der Waals surface area contributed by atoms with E-state index in [1.54, 1.807) is 24.6 Å². The number of anilines is 1. The lowest BCUT2D eigenvalue weighted by molar-refractivity contribution is 0.129. The fourth-order valence-electron chi connectivity index (χ4n) is 3.20. The van der Waals surface area contributed by atoms with Gasteiger partial charge in [-0.1, -0.05) is 12.8 Å². The zero-order chi connectivity index (χ0) is 16.1. The quantitative estimate of drug-likeness (QED) is 0.936. The molecule has 0 unspecified atom stereocenters.